The molecule has 0 bridgehead atoms. The molecule has 0 spiro atoms. The van der Waals surface area contributed by atoms with Crippen molar-refractivity contribution in [1.82, 2.24) is 0 Å². The minimum Gasteiger partial charge on any atom is -0.478 e. The summed E-state index contributed by atoms with van der Waals surface area (Å²) in [5.41, 5.74) is 2.08. The Labute approximate surface area is 99.5 Å². The molecule has 0 aromatic heterocycles. The number of hydrogen-bond donors (Lipinski definition) is 1. The normalized spacial score (nSPS) is 16.2. The van der Waals surface area contributed by atoms with Gasteiger partial charge in [-0.05, 0) is 42.9 Å². The third kappa shape index (κ3) is 3.11. The molecule has 0 heterocycles. The van der Waals surface area contributed by atoms with E-state index in [2.05, 4.69) is 0 Å². The monoisotopic (exact) mass is 236 g/mol. The maximum Gasteiger partial charge on any atom is 0.328 e. The van der Waals surface area contributed by atoms with Crippen molar-refractivity contribution in [3.8, 4) is 0 Å². The lowest BCUT2D eigenvalue weighted by Crippen LogP contribution is -1.98. The summed E-state index contributed by atoms with van der Waals surface area (Å²) >= 11 is 5.89. The first-order valence-electron chi connectivity index (χ1n) is 5.33. The summed E-state index contributed by atoms with van der Waals surface area (Å²) in [6, 6.07) is 7.58. The van der Waals surface area contributed by atoms with Crippen molar-refractivity contribution in [2.45, 2.75) is 19.3 Å². The van der Waals surface area contributed by atoms with Gasteiger partial charge in [-0.1, -0.05) is 29.3 Å². The van der Waals surface area contributed by atoms with Gasteiger partial charge in [0.25, 0.3) is 0 Å². The van der Waals surface area contributed by atoms with Crippen molar-refractivity contribution in [2.24, 2.45) is 5.92 Å². The summed E-state index contributed by atoms with van der Waals surface area (Å²) in [4.78, 5) is 10.7. The van der Waals surface area contributed by atoms with Crippen LogP contribution in [0.15, 0.2) is 35.9 Å². The molecule has 0 atom stereocenters. The molecule has 1 aliphatic rings. The van der Waals surface area contributed by atoms with E-state index in [1.165, 1.54) is 6.08 Å². The van der Waals surface area contributed by atoms with E-state index in [1.807, 2.05) is 24.3 Å². The number of benzene rings is 1. The second kappa shape index (κ2) is 4.71. The third-order valence-electron chi connectivity index (χ3n) is 2.71. The summed E-state index contributed by atoms with van der Waals surface area (Å²) in [6.45, 7) is 0. The highest BCUT2D eigenvalue weighted by molar-refractivity contribution is 6.30. The fourth-order valence-corrected chi connectivity index (χ4v) is 2.02. The number of aliphatic carboxylic acids is 1. The highest BCUT2D eigenvalue weighted by Gasteiger charge is 2.26. The van der Waals surface area contributed by atoms with Crippen molar-refractivity contribution >= 4 is 17.6 Å². The van der Waals surface area contributed by atoms with E-state index in [0.29, 0.717) is 17.4 Å². The summed E-state index contributed by atoms with van der Waals surface area (Å²) < 4.78 is 0. The average Bonchev–Trinajstić information content (AvgIpc) is 2.99. The van der Waals surface area contributed by atoms with Crippen molar-refractivity contribution in [2.75, 3.05) is 0 Å². The molecule has 0 saturated heterocycles. The van der Waals surface area contributed by atoms with E-state index in [4.69, 9.17) is 16.7 Å². The van der Waals surface area contributed by atoms with Crippen molar-refractivity contribution in [3.63, 3.8) is 0 Å². The number of halogens is 1. The van der Waals surface area contributed by atoms with E-state index in [0.717, 1.165) is 24.0 Å². The number of carboxylic acids is 1. The predicted molar refractivity (Wildman–Crippen MR) is 63.6 cm³/mol. The second-order valence-corrected chi connectivity index (χ2v) is 4.57. The summed E-state index contributed by atoms with van der Waals surface area (Å²) in [6.07, 6.45) is 4.26. The molecule has 1 saturated carbocycles. The van der Waals surface area contributed by atoms with Crippen LogP contribution in [-0.2, 0) is 11.2 Å². The Balaban J connectivity index is 2.14. The Hall–Kier alpha value is -1.28. The second-order valence-electron chi connectivity index (χ2n) is 4.14. The molecule has 2 nitrogen and oxygen atoms in total. The largest absolute Gasteiger partial charge is 0.478 e. The maximum atomic E-state index is 10.7. The third-order valence-corrected chi connectivity index (χ3v) is 2.94. The van der Waals surface area contributed by atoms with Crippen molar-refractivity contribution < 1.29 is 9.90 Å². The Morgan fingerprint density at radius 2 is 2.25 bits per heavy atom. The first-order valence-corrected chi connectivity index (χ1v) is 5.71. The summed E-state index contributed by atoms with van der Waals surface area (Å²) in [5, 5.41) is 9.49. The van der Waals surface area contributed by atoms with Gasteiger partial charge in [0.2, 0.25) is 0 Å². The number of carbonyl (C=O) groups is 1. The fraction of sp³-hybridized carbons (Fsp3) is 0.308. The highest BCUT2D eigenvalue weighted by Crippen LogP contribution is 2.38. The SMILES string of the molecule is O=C(O)/C=C(/Cc1cccc(Cl)c1)C1CC1. The predicted octanol–water partition coefficient (Wildman–Crippen LogP) is 3.30. The molecule has 3 heteroatoms. The van der Waals surface area contributed by atoms with Gasteiger partial charge in [-0.15, -0.1) is 0 Å². The van der Waals surface area contributed by atoms with Gasteiger partial charge in [-0.3, -0.25) is 0 Å². The van der Waals surface area contributed by atoms with Gasteiger partial charge in [0.05, 0.1) is 0 Å². The fourth-order valence-electron chi connectivity index (χ4n) is 1.81. The lowest BCUT2D eigenvalue weighted by molar-refractivity contribution is -0.131. The first kappa shape index (κ1) is 11.2. The van der Waals surface area contributed by atoms with Gasteiger partial charge in [0, 0.05) is 11.1 Å². The van der Waals surface area contributed by atoms with Gasteiger partial charge >= 0.3 is 5.97 Å². The van der Waals surface area contributed by atoms with E-state index in [9.17, 15) is 4.79 Å². The van der Waals surface area contributed by atoms with E-state index in [1.54, 1.807) is 0 Å². The maximum absolute atomic E-state index is 10.7. The molecule has 0 amide bonds. The number of allylic oxidation sites excluding steroid dienone is 1. The summed E-state index contributed by atoms with van der Waals surface area (Å²) in [5.74, 6) is -0.390. The molecular weight excluding hydrogens is 224 g/mol. The van der Waals surface area contributed by atoms with Crippen LogP contribution in [0.3, 0.4) is 0 Å². The van der Waals surface area contributed by atoms with Crippen LogP contribution >= 0.6 is 11.6 Å². The van der Waals surface area contributed by atoms with Crippen LogP contribution in [0.2, 0.25) is 5.02 Å². The highest BCUT2D eigenvalue weighted by atomic mass is 35.5. The van der Waals surface area contributed by atoms with Gasteiger partial charge in [0.1, 0.15) is 0 Å². The van der Waals surface area contributed by atoms with Gasteiger partial charge < -0.3 is 5.11 Å². The number of rotatable bonds is 4. The van der Waals surface area contributed by atoms with Gasteiger partial charge in [-0.2, -0.15) is 0 Å². The Morgan fingerprint density at radius 1 is 1.50 bits per heavy atom. The van der Waals surface area contributed by atoms with E-state index < -0.39 is 5.97 Å². The molecule has 1 aromatic carbocycles. The zero-order chi connectivity index (χ0) is 11.5. The van der Waals surface area contributed by atoms with Crippen molar-refractivity contribution in [1.29, 1.82) is 0 Å². The molecule has 1 aliphatic carbocycles. The molecule has 84 valence electrons. The quantitative estimate of drug-likeness (QED) is 0.815. The minimum atomic E-state index is -0.857. The lowest BCUT2D eigenvalue weighted by atomic mass is 10.0. The topological polar surface area (TPSA) is 37.3 Å². The molecule has 1 aromatic rings. The van der Waals surface area contributed by atoms with Gasteiger partial charge in [-0.25, -0.2) is 4.79 Å². The standard InChI is InChI=1S/C13H13ClO2/c14-12-3-1-2-9(7-12)6-11(8-13(15)16)10-4-5-10/h1-3,7-8,10H,4-6H2,(H,15,16)/b11-8-. The Kier molecular flexibility index (Phi) is 3.30. The molecule has 0 aliphatic heterocycles. The van der Waals surface area contributed by atoms with Crippen LogP contribution in [0, 0.1) is 5.92 Å². The average molecular weight is 237 g/mol. The van der Waals surface area contributed by atoms with Crippen LogP contribution in [0.1, 0.15) is 18.4 Å². The number of carboxylic acid groups (broad SMARTS) is 1. The minimum absolute atomic E-state index is 0.468. The molecule has 16 heavy (non-hydrogen) atoms. The first-order chi connectivity index (χ1) is 7.65. The molecule has 0 radical (unpaired) electrons. The molecule has 1 fully saturated rings. The molecule has 0 unspecified atom stereocenters. The zero-order valence-corrected chi connectivity index (χ0v) is 9.57. The van der Waals surface area contributed by atoms with Crippen LogP contribution in [-0.4, -0.2) is 11.1 Å². The van der Waals surface area contributed by atoms with Crippen LogP contribution in [0.4, 0.5) is 0 Å². The van der Waals surface area contributed by atoms with Crippen molar-refractivity contribution in [3.05, 3.63) is 46.5 Å². The van der Waals surface area contributed by atoms with E-state index >= 15 is 0 Å². The smallest absolute Gasteiger partial charge is 0.328 e. The Bertz CT molecular complexity index is 433. The zero-order valence-electron chi connectivity index (χ0n) is 8.82. The van der Waals surface area contributed by atoms with Gasteiger partial charge in [0.15, 0.2) is 0 Å². The number of hydrogen-bond acceptors (Lipinski definition) is 1. The molecule has 1 N–H and O–H groups in total. The summed E-state index contributed by atoms with van der Waals surface area (Å²) in [7, 11) is 0. The Morgan fingerprint density at radius 3 is 2.81 bits per heavy atom. The molecular formula is C13H13ClO2. The lowest BCUT2D eigenvalue weighted by Gasteiger charge is -2.05. The van der Waals surface area contributed by atoms with Crippen LogP contribution in [0.5, 0.6) is 0 Å². The van der Waals surface area contributed by atoms with Crippen LogP contribution < -0.4 is 0 Å². The molecule has 2 rings (SSSR count). The van der Waals surface area contributed by atoms with E-state index in [-0.39, 0.29) is 0 Å². The van der Waals surface area contributed by atoms with Crippen LogP contribution in [0.25, 0.3) is 0 Å².